The summed E-state index contributed by atoms with van der Waals surface area (Å²) in [5.74, 6) is -2.53. The first kappa shape index (κ1) is 26.4. The van der Waals surface area contributed by atoms with E-state index in [0.29, 0.717) is 36.5 Å². The molecule has 4 rings (SSSR count). The van der Waals surface area contributed by atoms with E-state index in [-0.39, 0.29) is 12.4 Å². The van der Waals surface area contributed by atoms with Crippen LogP contribution in [0.5, 0.6) is 0 Å². The van der Waals surface area contributed by atoms with E-state index in [9.17, 15) is 5.11 Å². The normalized spacial score (nSPS) is 25.6. The lowest BCUT2D eigenvalue weighted by Crippen LogP contribution is -2.31. The molecule has 3 unspecified atom stereocenters. The average Bonchev–Trinajstić information content (AvgIpc) is 3.32. The van der Waals surface area contributed by atoms with Gasteiger partial charge >= 0.3 is 0 Å². The third kappa shape index (κ3) is 7.95. The van der Waals surface area contributed by atoms with Crippen LogP contribution in [0.3, 0.4) is 0 Å². The number of nitrogen functional groups attached to an aromatic ring is 1. The van der Waals surface area contributed by atoms with Crippen LogP contribution in [0.25, 0.3) is 5.52 Å². The van der Waals surface area contributed by atoms with Crippen LogP contribution >= 0.6 is 0 Å². The number of fused-ring (bicyclic) bond motifs is 1. The predicted octanol–water partition coefficient (Wildman–Crippen LogP) is 2.30. The molecule has 0 aliphatic carbocycles. The van der Waals surface area contributed by atoms with Crippen LogP contribution in [0.4, 0.5) is 5.82 Å². The molecule has 2 aliphatic rings. The van der Waals surface area contributed by atoms with E-state index in [2.05, 4.69) is 23.9 Å². The highest BCUT2D eigenvalue weighted by molar-refractivity contribution is 5.65. The Morgan fingerprint density at radius 1 is 1.25 bits per heavy atom. The first-order valence-corrected chi connectivity index (χ1v) is 11.2. The fourth-order valence-corrected chi connectivity index (χ4v) is 3.36. The van der Waals surface area contributed by atoms with Gasteiger partial charge in [0, 0.05) is 13.0 Å². The van der Waals surface area contributed by atoms with Crippen LogP contribution in [-0.2, 0) is 20.0 Å². The van der Waals surface area contributed by atoms with Gasteiger partial charge in [-0.25, -0.2) is 9.50 Å². The minimum Gasteiger partial charge on any atom is -0.382 e. The molecular weight excluding hydrogens is 416 g/mol. The quantitative estimate of drug-likeness (QED) is 0.511. The summed E-state index contributed by atoms with van der Waals surface area (Å²) in [7, 11) is 0. The number of hydrogen-bond donors (Lipinski definition) is 4. The summed E-state index contributed by atoms with van der Waals surface area (Å²) in [6.07, 6.45) is 6.59. The molecule has 2 saturated heterocycles. The van der Waals surface area contributed by atoms with Crippen molar-refractivity contribution in [1.29, 1.82) is 0 Å². The second-order valence-corrected chi connectivity index (χ2v) is 8.55. The lowest BCUT2D eigenvalue weighted by atomic mass is 10.1. The Kier molecular flexibility index (Phi) is 9.81. The number of anilines is 1. The fourth-order valence-electron chi connectivity index (χ4n) is 3.36. The zero-order chi connectivity index (χ0) is 23.8. The number of aromatic nitrogens is 3. The van der Waals surface area contributed by atoms with E-state index >= 15 is 0 Å². The molecule has 0 saturated carbocycles. The average molecular weight is 455 g/mol. The number of nitrogens with zero attached hydrogens (tertiary/aromatic N) is 3. The second kappa shape index (κ2) is 11.9. The second-order valence-electron chi connectivity index (χ2n) is 8.55. The Labute approximate surface area is 189 Å². The van der Waals surface area contributed by atoms with E-state index in [1.54, 1.807) is 16.6 Å². The van der Waals surface area contributed by atoms with Crippen LogP contribution in [0.15, 0.2) is 18.5 Å². The van der Waals surface area contributed by atoms with E-state index in [1.165, 1.54) is 26.6 Å². The molecule has 2 aromatic heterocycles. The highest BCUT2D eigenvalue weighted by Gasteiger charge is 2.42. The van der Waals surface area contributed by atoms with E-state index < -0.39 is 11.6 Å². The number of nitrogens with two attached hydrogens (primary N) is 1. The summed E-state index contributed by atoms with van der Waals surface area (Å²) in [4.78, 5) is 3.96. The molecule has 2 aromatic rings. The molecule has 3 atom stereocenters. The van der Waals surface area contributed by atoms with Crippen molar-refractivity contribution >= 4 is 11.3 Å². The van der Waals surface area contributed by atoms with Gasteiger partial charge in [-0.3, -0.25) is 0 Å². The summed E-state index contributed by atoms with van der Waals surface area (Å²) in [6, 6.07) is 3.56. The smallest absolute Gasteiger partial charge is 0.210 e. The van der Waals surface area contributed by atoms with E-state index in [1.807, 2.05) is 0 Å². The van der Waals surface area contributed by atoms with Crippen molar-refractivity contribution in [1.82, 2.24) is 14.6 Å². The Morgan fingerprint density at radius 2 is 1.94 bits per heavy atom. The minimum atomic E-state index is -1.50. The van der Waals surface area contributed by atoms with Gasteiger partial charge in [-0.05, 0) is 51.7 Å². The molecule has 0 bridgehead atoms. The first-order valence-electron chi connectivity index (χ1n) is 11.2. The minimum absolute atomic E-state index is 0.155. The maximum atomic E-state index is 10.9. The molecule has 10 nitrogen and oxygen atoms in total. The van der Waals surface area contributed by atoms with Crippen molar-refractivity contribution in [2.45, 2.75) is 90.2 Å². The number of ether oxygens (including phenoxy) is 3. The van der Waals surface area contributed by atoms with Crippen molar-refractivity contribution in [3.8, 4) is 0 Å². The van der Waals surface area contributed by atoms with Gasteiger partial charge < -0.3 is 35.3 Å². The lowest BCUT2D eigenvalue weighted by Gasteiger charge is -2.26. The Morgan fingerprint density at radius 3 is 2.56 bits per heavy atom. The molecule has 10 heteroatoms. The molecule has 0 radical (unpaired) electrons. The van der Waals surface area contributed by atoms with Crippen molar-refractivity contribution in [3.63, 3.8) is 0 Å². The molecule has 0 aromatic carbocycles. The third-order valence-electron chi connectivity index (χ3n) is 4.65. The van der Waals surface area contributed by atoms with Crippen LogP contribution in [0, 0.1) is 0 Å². The van der Waals surface area contributed by atoms with Crippen LogP contribution in [0.2, 0.25) is 0 Å². The highest BCUT2D eigenvalue weighted by atomic mass is 16.7. The highest BCUT2D eigenvalue weighted by Crippen LogP contribution is 2.38. The molecule has 32 heavy (non-hydrogen) atoms. The third-order valence-corrected chi connectivity index (χ3v) is 4.65. The number of aliphatic hydroxyl groups is 3. The summed E-state index contributed by atoms with van der Waals surface area (Å²) >= 11 is 0. The fraction of sp³-hybridized carbons (Fsp3) is 0.727. The van der Waals surface area contributed by atoms with Gasteiger partial charge in [0.2, 0.25) is 5.79 Å². The van der Waals surface area contributed by atoms with Crippen LogP contribution in [0.1, 0.15) is 71.9 Å². The van der Waals surface area contributed by atoms with Crippen molar-refractivity contribution < 1.29 is 29.5 Å². The summed E-state index contributed by atoms with van der Waals surface area (Å²) < 4.78 is 18.8. The van der Waals surface area contributed by atoms with Gasteiger partial charge in [0.05, 0.1) is 12.7 Å². The van der Waals surface area contributed by atoms with E-state index in [4.69, 9.17) is 30.2 Å². The summed E-state index contributed by atoms with van der Waals surface area (Å²) in [6.45, 7) is 8.00. The zero-order valence-electron chi connectivity index (χ0n) is 19.5. The molecule has 2 aliphatic heterocycles. The first-order chi connectivity index (χ1) is 15.1. The van der Waals surface area contributed by atoms with Gasteiger partial charge in [-0.2, -0.15) is 5.10 Å². The molecule has 182 valence electrons. The molecule has 4 heterocycles. The van der Waals surface area contributed by atoms with Crippen molar-refractivity contribution in [2.24, 2.45) is 0 Å². The van der Waals surface area contributed by atoms with E-state index in [0.717, 1.165) is 25.9 Å². The molecule has 5 N–H and O–H groups in total. The maximum absolute atomic E-state index is 10.9. The summed E-state index contributed by atoms with van der Waals surface area (Å²) in [5, 5.41) is 31.2. The summed E-state index contributed by atoms with van der Waals surface area (Å²) in [5.41, 5.74) is 7.05. The van der Waals surface area contributed by atoms with Gasteiger partial charge in [-0.1, -0.05) is 20.3 Å². The standard InChI is InChI=1S/C16H22N4O4.C3H8O2.C3H8/c17-15-12-4-5-13(20(12)19-10-18-15)16(21)7-6-11(24-16)9-23-14-3-1-2-8-22-14;1-3(2,4)5;1-3-2/h4-5,10-11,14,21H,1-3,6-9H2,(H2,17,18,19);4-5H,1-2H3;3H2,1-2H3. The SMILES string of the molecule is CC(C)(O)O.CCC.Nc1ncnn2c(C3(O)CCC(COC4CCCCO4)O3)ccc12. The Balaban J connectivity index is 0.000000395. The Bertz CT molecular complexity index is 812. The lowest BCUT2D eigenvalue weighted by molar-refractivity contribution is -0.229. The van der Waals surface area contributed by atoms with Crippen LogP contribution < -0.4 is 5.73 Å². The largest absolute Gasteiger partial charge is 0.382 e. The molecule has 0 amide bonds. The topological polar surface area (TPSA) is 145 Å². The molecule has 0 spiro atoms. The number of rotatable bonds is 4. The molecule has 2 fully saturated rings. The maximum Gasteiger partial charge on any atom is 0.210 e. The zero-order valence-corrected chi connectivity index (χ0v) is 19.5. The van der Waals surface area contributed by atoms with Crippen LogP contribution in [-0.4, -0.2) is 61.3 Å². The van der Waals surface area contributed by atoms with Gasteiger partial charge in [0.15, 0.2) is 17.9 Å². The Hall–Kier alpha value is -1.82. The van der Waals surface area contributed by atoms with Gasteiger partial charge in [0.1, 0.15) is 17.5 Å². The van der Waals surface area contributed by atoms with Gasteiger partial charge in [-0.15, -0.1) is 0 Å². The molecular formula is C22H38N4O6. The monoisotopic (exact) mass is 454 g/mol. The number of hydrogen-bond acceptors (Lipinski definition) is 9. The van der Waals surface area contributed by atoms with Gasteiger partial charge in [0.25, 0.3) is 0 Å². The van der Waals surface area contributed by atoms with Crippen molar-refractivity contribution in [2.75, 3.05) is 18.9 Å². The van der Waals surface area contributed by atoms with Crippen molar-refractivity contribution in [3.05, 3.63) is 24.2 Å². The predicted molar refractivity (Wildman–Crippen MR) is 119 cm³/mol.